The Morgan fingerprint density at radius 2 is 2.09 bits per heavy atom. The van der Waals surface area contributed by atoms with E-state index in [2.05, 4.69) is 15.8 Å². The summed E-state index contributed by atoms with van der Waals surface area (Å²) in [5, 5.41) is 8.83. The van der Waals surface area contributed by atoms with Crippen molar-refractivity contribution in [2.45, 2.75) is 19.9 Å². The smallest absolute Gasteiger partial charge is 0.252 e. The van der Waals surface area contributed by atoms with Crippen LogP contribution in [0.4, 0.5) is 5.82 Å². The molecule has 0 saturated carbocycles. The summed E-state index contributed by atoms with van der Waals surface area (Å²) in [4.78, 5) is 24.1. The lowest BCUT2D eigenvalue weighted by atomic mass is 10.2. The molecule has 2 amide bonds. The third kappa shape index (κ3) is 3.85. The number of nitrogens with zero attached hydrogens (tertiary/aromatic N) is 1. The molecule has 1 aromatic carbocycles. The van der Waals surface area contributed by atoms with Crippen LogP contribution in [0.1, 0.15) is 23.0 Å². The lowest BCUT2D eigenvalue weighted by molar-refractivity contribution is -0.117. The molecule has 2 N–H and O–H groups in total. The Hall–Kier alpha value is -2.83. The number of rotatable bonds is 5. The molecule has 0 fully saturated rings. The summed E-state index contributed by atoms with van der Waals surface area (Å²) < 4.78 is 9.92. The highest BCUT2D eigenvalue weighted by Gasteiger charge is 2.18. The van der Waals surface area contributed by atoms with Gasteiger partial charge in [-0.3, -0.25) is 9.59 Å². The molecule has 22 heavy (non-hydrogen) atoms. The highest BCUT2D eigenvalue weighted by molar-refractivity contribution is 6.00. The SMILES string of the molecule is COc1cccc(C(=O)N[C@@H](C)C(=O)Nc2cc(C)on2)c1. The van der Waals surface area contributed by atoms with E-state index >= 15 is 0 Å². The average molecular weight is 303 g/mol. The minimum absolute atomic E-state index is 0.310. The van der Waals surface area contributed by atoms with Crippen LogP contribution in [0.5, 0.6) is 5.75 Å². The van der Waals surface area contributed by atoms with Crippen molar-refractivity contribution in [2.75, 3.05) is 12.4 Å². The fraction of sp³-hybridized carbons (Fsp3) is 0.267. The number of aromatic nitrogens is 1. The van der Waals surface area contributed by atoms with Gasteiger partial charge in [0, 0.05) is 11.6 Å². The van der Waals surface area contributed by atoms with E-state index in [-0.39, 0.29) is 11.8 Å². The van der Waals surface area contributed by atoms with Crippen LogP contribution < -0.4 is 15.4 Å². The lowest BCUT2D eigenvalue weighted by Gasteiger charge is -2.13. The number of carbonyl (C=O) groups excluding carboxylic acids is 2. The molecule has 0 aliphatic heterocycles. The molecular weight excluding hydrogens is 286 g/mol. The molecule has 1 atom stereocenters. The lowest BCUT2D eigenvalue weighted by Crippen LogP contribution is -2.41. The van der Waals surface area contributed by atoms with E-state index < -0.39 is 6.04 Å². The van der Waals surface area contributed by atoms with Gasteiger partial charge in [0.05, 0.1) is 7.11 Å². The largest absolute Gasteiger partial charge is 0.497 e. The topological polar surface area (TPSA) is 93.5 Å². The van der Waals surface area contributed by atoms with Gasteiger partial charge in [0.2, 0.25) is 5.91 Å². The van der Waals surface area contributed by atoms with E-state index in [0.29, 0.717) is 22.9 Å². The fourth-order valence-electron chi connectivity index (χ4n) is 1.77. The normalized spacial score (nSPS) is 11.6. The van der Waals surface area contributed by atoms with Crippen molar-refractivity contribution in [2.24, 2.45) is 0 Å². The van der Waals surface area contributed by atoms with Crippen molar-refractivity contribution in [3.05, 3.63) is 41.7 Å². The maximum Gasteiger partial charge on any atom is 0.252 e. The Labute approximate surface area is 127 Å². The number of methoxy groups -OCH3 is 1. The monoisotopic (exact) mass is 303 g/mol. The number of anilines is 1. The predicted molar refractivity (Wildman–Crippen MR) is 79.8 cm³/mol. The molecule has 0 aliphatic rings. The predicted octanol–water partition coefficient (Wildman–Crippen LogP) is 1.75. The summed E-state index contributed by atoms with van der Waals surface area (Å²) in [6, 6.07) is 7.55. The van der Waals surface area contributed by atoms with E-state index in [1.54, 1.807) is 44.2 Å². The first-order valence-electron chi connectivity index (χ1n) is 6.68. The Morgan fingerprint density at radius 1 is 1.32 bits per heavy atom. The zero-order valence-corrected chi connectivity index (χ0v) is 12.5. The second-order valence-electron chi connectivity index (χ2n) is 4.74. The average Bonchev–Trinajstić information content (AvgIpc) is 2.92. The van der Waals surface area contributed by atoms with E-state index in [1.165, 1.54) is 7.11 Å². The molecule has 7 heteroatoms. The quantitative estimate of drug-likeness (QED) is 0.877. The molecule has 0 unspecified atom stereocenters. The minimum atomic E-state index is -0.726. The van der Waals surface area contributed by atoms with Crippen molar-refractivity contribution in [3.63, 3.8) is 0 Å². The van der Waals surface area contributed by atoms with E-state index in [9.17, 15) is 9.59 Å². The number of nitrogens with one attached hydrogen (secondary N) is 2. The molecule has 0 saturated heterocycles. The van der Waals surface area contributed by atoms with Gasteiger partial charge < -0.3 is 19.9 Å². The van der Waals surface area contributed by atoms with Crippen LogP contribution >= 0.6 is 0 Å². The first kappa shape index (κ1) is 15.6. The van der Waals surface area contributed by atoms with Gasteiger partial charge in [-0.1, -0.05) is 11.2 Å². The van der Waals surface area contributed by atoms with Crippen molar-refractivity contribution in [1.29, 1.82) is 0 Å². The van der Waals surface area contributed by atoms with Crippen LogP contribution in [-0.4, -0.2) is 30.1 Å². The Balaban J connectivity index is 1.96. The molecule has 2 aromatic rings. The standard InChI is InChI=1S/C15H17N3O4/c1-9-7-13(18-22-9)17-14(19)10(2)16-15(20)11-5-4-6-12(8-11)21-3/h4-8,10H,1-3H3,(H,16,20)(H,17,18,19)/t10-/m0/s1. The first-order valence-corrected chi connectivity index (χ1v) is 6.68. The Morgan fingerprint density at radius 3 is 2.73 bits per heavy atom. The number of benzene rings is 1. The number of aryl methyl sites for hydroxylation is 1. The van der Waals surface area contributed by atoms with E-state index in [4.69, 9.17) is 9.26 Å². The molecule has 7 nitrogen and oxygen atoms in total. The van der Waals surface area contributed by atoms with E-state index in [0.717, 1.165) is 0 Å². The maximum absolute atomic E-state index is 12.1. The molecule has 2 rings (SSSR count). The summed E-state index contributed by atoms with van der Waals surface area (Å²) in [7, 11) is 1.52. The van der Waals surface area contributed by atoms with Crippen molar-refractivity contribution in [1.82, 2.24) is 10.5 Å². The van der Waals surface area contributed by atoms with Crippen LogP contribution in [0.15, 0.2) is 34.9 Å². The van der Waals surface area contributed by atoms with Crippen LogP contribution in [0, 0.1) is 6.92 Å². The van der Waals surface area contributed by atoms with Crippen LogP contribution in [0.2, 0.25) is 0 Å². The zero-order chi connectivity index (χ0) is 16.1. The summed E-state index contributed by atoms with van der Waals surface area (Å²) in [5.74, 6) is 0.721. The second-order valence-corrected chi connectivity index (χ2v) is 4.74. The van der Waals surface area contributed by atoms with Gasteiger partial charge in [-0.25, -0.2) is 0 Å². The number of amides is 2. The number of carbonyl (C=O) groups is 2. The molecule has 0 aliphatic carbocycles. The Bertz CT molecular complexity index is 681. The van der Waals surface area contributed by atoms with Gasteiger partial charge in [0.25, 0.3) is 5.91 Å². The van der Waals surface area contributed by atoms with Crippen molar-refractivity contribution < 1.29 is 18.8 Å². The number of hydrogen-bond donors (Lipinski definition) is 2. The fourth-order valence-corrected chi connectivity index (χ4v) is 1.77. The van der Waals surface area contributed by atoms with E-state index in [1.807, 2.05) is 0 Å². The summed E-state index contributed by atoms with van der Waals surface area (Å²) in [6.45, 7) is 3.30. The zero-order valence-electron chi connectivity index (χ0n) is 12.5. The highest BCUT2D eigenvalue weighted by atomic mass is 16.5. The molecule has 1 heterocycles. The Kier molecular flexibility index (Phi) is 4.77. The summed E-state index contributed by atoms with van der Waals surface area (Å²) in [5.41, 5.74) is 0.413. The first-order chi connectivity index (χ1) is 10.5. The van der Waals surface area contributed by atoms with Crippen molar-refractivity contribution >= 4 is 17.6 Å². The molecule has 0 radical (unpaired) electrons. The van der Waals surface area contributed by atoms with Gasteiger partial charge in [0.15, 0.2) is 5.82 Å². The highest BCUT2D eigenvalue weighted by Crippen LogP contribution is 2.12. The van der Waals surface area contributed by atoms with Gasteiger partial charge in [0.1, 0.15) is 17.6 Å². The van der Waals surface area contributed by atoms with Crippen LogP contribution in [-0.2, 0) is 4.79 Å². The van der Waals surface area contributed by atoms with Gasteiger partial charge in [-0.05, 0) is 32.0 Å². The molecule has 116 valence electrons. The van der Waals surface area contributed by atoms with Gasteiger partial charge in [-0.2, -0.15) is 0 Å². The molecule has 0 spiro atoms. The number of hydrogen-bond acceptors (Lipinski definition) is 5. The molecule has 1 aromatic heterocycles. The van der Waals surface area contributed by atoms with Crippen LogP contribution in [0.25, 0.3) is 0 Å². The molecule has 0 bridgehead atoms. The van der Waals surface area contributed by atoms with Crippen LogP contribution in [0.3, 0.4) is 0 Å². The van der Waals surface area contributed by atoms with Gasteiger partial charge in [-0.15, -0.1) is 0 Å². The third-order valence-corrected chi connectivity index (χ3v) is 2.95. The second kappa shape index (κ2) is 6.75. The van der Waals surface area contributed by atoms with Crippen molar-refractivity contribution in [3.8, 4) is 5.75 Å². The summed E-state index contributed by atoms with van der Waals surface area (Å²) >= 11 is 0. The van der Waals surface area contributed by atoms with Gasteiger partial charge >= 0.3 is 0 Å². The molecular formula is C15H17N3O4. The number of ether oxygens (including phenoxy) is 1. The third-order valence-electron chi connectivity index (χ3n) is 2.95. The minimum Gasteiger partial charge on any atom is -0.497 e. The summed E-state index contributed by atoms with van der Waals surface area (Å²) in [6.07, 6.45) is 0. The maximum atomic E-state index is 12.1.